The van der Waals surface area contributed by atoms with E-state index in [1.807, 2.05) is 19.9 Å². The van der Waals surface area contributed by atoms with E-state index < -0.39 is 15.7 Å². The Morgan fingerprint density at radius 2 is 2.12 bits per heavy atom. The van der Waals surface area contributed by atoms with Gasteiger partial charge in [-0.3, -0.25) is 5.10 Å². The largest absolute Gasteiger partial charge is 0.490 e. The molecule has 0 bridgehead atoms. The van der Waals surface area contributed by atoms with Crippen molar-refractivity contribution in [2.75, 3.05) is 43.3 Å². The molecule has 10 nitrogen and oxygen atoms in total. The van der Waals surface area contributed by atoms with Gasteiger partial charge in [-0.2, -0.15) is 5.10 Å². The summed E-state index contributed by atoms with van der Waals surface area (Å²) in [6, 6.07) is 5.61. The second-order valence-corrected chi connectivity index (χ2v) is 10.9. The van der Waals surface area contributed by atoms with E-state index in [2.05, 4.69) is 30.4 Å². The molecule has 13 heteroatoms. The summed E-state index contributed by atoms with van der Waals surface area (Å²) in [7, 11) is -1.99. The third-order valence-electron chi connectivity index (χ3n) is 5.16. The van der Waals surface area contributed by atoms with Gasteiger partial charge in [-0.05, 0) is 43.8 Å². The van der Waals surface area contributed by atoms with E-state index in [0.717, 1.165) is 29.8 Å². The summed E-state index contributed by atoms with van der Waals surface area (Å²) < 4.78 is 49.5. The molecule has 1 fully saturated rings. The summed E-state index contributed by atoms with van der Waals surface area (Å²) in [5, 5.41) is 10.5. The number of morpholine rings is 1. The number of hydrogen-bond acceptors (Lipinski definition) is 10. The van der Waals surface area contributed by atoms with E-state index >= 15 is 0 Å². The molecule has 1 saturated heterocycles. The SMILES string of the molecule is COc1c(Nc2cc(C)[nH]n2)nc(Sc2ccc(S(C)(=O)=O)cc2F)nc1N1CCOCC1C. The normalized spacial score (nSPS) is 16.5. The summed E-state index contributed by atoms with van der Waals surface area (Å²) in [6.45, 7) is 5.54. The number of anilines is 3. The van der Waals surface area contributed by atoms with Crippen molar-refractivity contribution < 1.29 is 22.3 Å². The van der Waals surface area contributed by atoms with Crippen LogP contribution in [0.2, 0.25) is 0 Å². The van der Waals surface area contributed by atoms with E-state index in [4.69, 9.17) is 9.47 Å². The van der Waals surface area contributed by atoms with Gasteiger partial charge in [0.25, 0.3) is 0 Å². The Balaban J connectivity index is 1.77. The van der Waals surface area contributed by atoms with Crippen LogP contribution in [0.4, 0.5) is 21.8 Å². The molecule has 4 rings (SSSR count). The number of halogens is 1. The van der Waals surface area contributed by atoms with Crippen molar-refractivity contribution >= 4 is 39.1 Å². The Bertz CT molecular complexity index is 1300. The fraction of sp³-hybridized carbons (Fsp3) is 0.381. The average Bonchev–Trinajstić information content (AvgIpc) is 3.19. The lowest BCUT2D eigenvalue weighted by Crippen LogP contribution is -2.44. The Kier molecular flexibility index (Phi) is 6.96. The molecule has 2 aromatic heterocycles. The number of sulfone groups is 1. The molecule has 3 aromatic rings. The molecule has 1 aliphatic rings. The number of ether oxygens (including phenoxy) is 2. The lowest BCUT2D eigenvalue weighted by atomic mass is 10.2. The first kappa shape index (κ1) is 24.2. The zero-order valence-corrected chi connectivity index (χ0v) is 20.8. The van der Waals surface area contributed by atoms with Crippen LogP contribution in [0.5, 0.6) is 5.75 Å². The Morgan fingerprint density at radius 3 is 2.74 bits per heavy atom. The predicted octanol–water partition coefficient (Wildman–Crippen LogP) is 3.18. The van der Waals surface area contributed by atoms with E-state index in [1.165, 1.54) is 19.2 Å². The van der Waals surface area contributed by atoms with E-state index in [0.29, 0.717) is 43.0 Å². The Hall–Kier alpha value is -2.90. The third kappa shape index (κ3) is 5.26. The highest BCUT2D eigenvalue weighted by atomic mass is 32.2. The molecule has 0 aliphatic carbocycles. The number of H-pyrrole nitrogens is 1. The molecule has 182 valence electrons. The molecule has 0 saturated carbocycles. The van der Waals surface area contributed by atoms with Crippen molar-refractivity contribution in [2.24, 2.45) is 0 Å². The van der Waals surface area contributed by atoms with Crippen LogP contribution in [0, 0.1) is 12.7 Å². The first-order valence-corrected chi connectivity index (χ1v) is 13.1. The topological polar surface area (TPSA) is 122 Å². The van der Waals surface area contributed by atoms with Gasteiger partial charge < -0.3 is 19.7 Å². The van der Waals surface area contributed by atoms with Gasteiger partial charge in [0.2, 0.25) is 5.75 Å². The average molecular weight is 509 g/mol. The molecule has 1 aliphatic heterocycles. The van der Waals surface area contributed by atoms with Crippen LogP contribution in [0.25, 0.3) is 0 Å². The van der Waals surface area contributed by atoms with Gasteiger partial charge in [0.05, 0.1) is 36.2 Å². The molecular weight excluding hydrogens is 483 g/mol. The minimum atomic E-state index is -3.53. The maximum absolute atomic E-state index is 14.8. The monoisotopic (exact) mass is 508 g/mol. The fourth-order valence-corrected chi connectivity index (χ4v) is 4.86. The van der Waals surface area contributed by atoms with Crippen LogP contribution in [0.1, 0.15) is 12.6 Å². The molecule has 1 unspecified atom stereocenters. The van der Waals surface area contributed by atoms with Crippen LogP contribution >= 0.6 is 11.8 Å². The molecular formula is C21H25FN6O4S2. The maximum Gasteiger partial charge on any atom is 0.204 e. The summed E-state index contributed by atoms with van der Waals surface area (Å²) in [6.07, 6.45) is 1.03. The second-order valence-electron chi connectivity index (χ2n) is 7.86. The standard InChI is InChI=1S/C21H25FN6O4S2/c1-12-9-17(27-26-12)23-19-18(31-3)20(28-7-8-32-11-13(28)2)25-21(24-19)33-16-6-5-14(10-15(16)22)34(4,29)30/h5-6,9-10,13H,7-8,11H2,1-4H3,(H2,23,24,25,26,27). The Labute approximate surface area is 201 Å². The van der Waals surface area contributed by atoms with Crippen molar-refractivity contribution in [3.05, 3.63) is 35.8 Å². The highest BCUT2D eigenvalue weighted by molar-refractivity contribution is 7.99. The zero-order chi connectivity index (χ0) is 24.5. The van der Waals surface area contributed by atoms with Gasteiger partial charge >= 0.3 is 0 Å². The van der Waals surface area contributed by atoms with Crippen LogP contribution < -0.4 is 15.0 Å². The van der Waals surface area contributed by atoms with Gasteiger partial charge in [-0.25, -0.2) is 22.8 Å². The quantitative estimate of drug-likeness (QED) is 0.460. The van der Waals surface area contributed by atoms with Crippen LogP contribution in [-0.2, 0) is 14.6 Å². The van der Waals surface area contributed by atoms with Gasteiger partial charge in [0.15, 0.2) is 32.4 Å². The van der Waals surface area contributed by atoms with Crippen molar-refractivity contribution in [3.8, 4) is 5.75 Å². The number of benzene rings is 1. The van der Waals surface area contributed by atoms with Gasteiger partial charge in [0, 0.05) is 24.6 Å². The summed E-state index contributed by atoms with van der Waals surface area (Å²) in [4.78, 5) is 11.4. The first-order chi connectivity index (χ1) is 16.2. The molecule has 0 amide bonds. The van der Waals surface area contributed by atoms with Crippen molar-refractivity contribution in [3.63, 3.8) is 0 Å². The van der Waals surface area contributed by atoms with Gasteiger partial charge in [-0.1, -0.05) is 0 Å². The molecule has 34 heavy (non-hydrogen) atoms. The highest BCUT2D eigenvalue weighted by Gasteiger charge is 2.27. The Morgan fingerprint density at radius 1 is 1.32 bits per heavy atom. The number of aromatic amines is 1. The van der Waals surface area contributed by atoms with Gasteiger partial charge in [-0.15, -0.1) is 0 Å². The van der Waals surface area contributed by atoms with Crippen LogP contribution in [-0.4, -0.2) is 67.7 Å². The molecule has 2 N–H and O–H groups in total. The smallest absolute Gasteiger partial charge is 0.204 e. The second kappa shape index (κ2) is 9.76. The maximum atomic E-state index is 14.8. The van der Waals surface area contributed by atoms with Crippen LogP contribution in [0.15, 0.2) is 39.2 Å². The highest BCUT2D eigenvalue weighted by Crippen LogP contribution is 2.39. The fourth-order valence-electron chi connectivity index (χ4n) is 3.47. The number of hydrogen-bond donors (Lipinski definition) is 2. The molecule has 1 atom stereocenters. The summed E-state index contributed by atoms with van der Waals surface area (Å²) >= 11 is 0.988. The number of methoxy groups -OCH3 is 1. The number of nitrogens with zero attached hydrogens (tertiary/aromatic N) is 4. The van der Waals surface area contributed by atoms with E-state index in [1.54, 1.807) is 0 Å². The van der Waals surface area contributed by atoms with Crippen molar-refractivity contribution in [1.29, 1.82) is 0 Å². The molecule has 1 aromatic carbocycles. The van der Waals surface area contributed by atoms with Crippen molar-refractivity contribution in [1.82, 2.24) is 20.2 Å². The van der Waals surface area contributed by atoms with Crippen LogP contribution in [0.3, 0.4) is 0 Å². The lowest BCUT2D eigenvalue weighted by Gasteiger charge is -2.35. The molecule has 3 heterocycles. The van der Waals surface area contributed by atoms with E-state index in [9.17, 15) is 12.8 Å². The number of aromatic nitrogens is 4. The minimum absolute atomic E-state index is 0.0293. The third-order valence-corrected chi connectivity index (χ3v) is 7.18. The number of aryl methyl sites for hydroxylation is 1. The molecule has 0 radical (unpaired) electrons. The van der Waals surface area contributed by atoms with Crippen molar-refractivity contribution in [2.45, 2.75) is 34.8 Å². The minimum Gasteiger partial charge on any atom is -0.490 e. The van der Waals surface area contributed by atoms with E-state index in [-0.39, 0.29) is 21.0 Å². The summed E-state index contributed by atoms with van der Waals surface area (Å²) in [5.41, 5.74) is 0.861. The predicted molar refractivity (Wildman–Crippen MR) is 126 cm³/mol. The summed E-state index contributed by atoms with van der Waals surface area (Å²) in [5.74, 6) is 1.19. The lowest BCUT2D eigenvalue weighted by molar-refractivity contribution is 0.0981. The first-order valence-electron chi connectivity index (χ1n) is 10.4. The van der Waals surface area contributed by atoms with Gasteiger partial charge in [0.1, 0.15) is 5.82 Å². The molecule has 0 spiro atoms. The number of rotatable bonds is 7. The zero-order valence-electron chi connectivity index (χ0n) is 19.1. The number of nitrogens with one attached hydrogen (secondary N) is 2.